The van der Waals surface area contributed by atoms with Gasteiger partial charge in [0.25, 0.3) is 10.0 Å². The Balaban J connectivity index is 1.99. The second-order valence-electron chi connectivity index (χ2n) is 6.84. The second kappa shape index (κ2) is 8.14. The van der Waals surface area contributed by atoms with E-state index >= 15 is 0 Å². The van der Waals surface area contributed by atoms with E-state index in [1.807, 2.05) is 6.92 Å². The highest BCUT2D eigenvalue weighted by atomic mass is 32.2. The lowest BCUT2D eigenvalue weighted by molar-refractivity contribution is -0.138. The summed E-state index contributed by atoms with van der Waals surface area (Å²) in [5.74, 6) is -0.678. The number of nitrogens with zero attached hydrogens (tertiary/aromatic N) is 1. The quantitative estimate of drug-likeness (QED) is 0.505. The minimum Gasteiger partial charge on any atom is -0.463 e. The van der Waals surface area contributed by atoms with Crippen LogP contribution in [0.2, 0.25) is 0 Å². The number of rotatable bonds is 5. The van der Waals surface area contributed by atoms with Crippen molar-refractivity contribution in [3.63, 3.8) is 0 Å². The molecule has 1 atom stereocenters. The third kappa shape index (κ3) is 4.35. The molecular formula is C21H20F3NO4S. The van der Waals surface area contributed by atoms with Crippen LogP contribution in [0, 0.1) is 6.92 Å². The van der Waals surface area contributed by atoms with E-state index in [-0.39, 0.29) is 23.6 Å². The van der Waals surface area contributed by atoms with Crippen LogP contribution in [0.4, 0.5) is 13.2 Å². The lowest BCUT2D eigenvalue weighted by Crippen LogP contribution is -2.43. The van der Waals surface area contributed by atoms with Crippen LogP contribution in [-0.4, -0.2) is 25.3 Å². The molecular weight excluding hydrogens is 419 g/mol. The SMILES string of the molecule is CCOC(=O)/C=C1\CC(c2ccc(C(F)(F)F)cc2)N1S(=O)(=O)c1ccc(C)cc1. The summed E-state index contributed by atoms with van der Waals surface area (Å²) in [6, 6.07) is 9.82. The molecule has 1 saturated heterocycles. The molecule has 0 N–H and O–H groups in total. The van der Waals surface area contributed by atoms with Gasteiger partial charge in [0.15, 0.2) is 0 Å². The van der Waals surface area contributed by atoms with Crippen LogP contribution in [0.25, 0.3) is 0 Å². The average molecular weight is 439 g/mol. The van der Waals surface area contributed by atoms with Crippen LogP contribution in [-0.2, 0) is 25.7 Å². The number of hydrogen-bond donors (Lipinski definition) is 0. The fourth-order valence-corrected chi connectivity index (χ4v) is 4.87. The number of carbonyl (C=O) groups is 1. The van der Waals surface area contributed by atoms with E-state index < -0.39 is 33.8 Å². The van der Waals surface area contributed by atoms with Gasteiger partial charge in [-0.2, -0.15) is 13.2 Å². The Morgan fingerprint density at radius 1 is 1.13 bits per heavy atom. The first-order valence-electron chi connectivity index (χ1n) is 9.19. The molecule has 0 bridgehead atoms. The Hall–Kier alpha value is -2.81. The highest BCUT2D eigenvalue weighted by Crippen LogP contribution is 2.46. The van der Waals surface area contributed by atoms with Crippen molar-refractivity contribution in [3.8, 4) is 0 Å². The molecule has 1 heterocycles. The van der Waals surface area contributed by atoms with Gasteiger partial charge in [-0.15, -0.1) is 0 Å². The van der Waals surface area contributed by atoms with Crippen LogP contribution in [0.1, 0.15) is 36.1 Å². The molecule has 1 fully saturated rings. The van der Waals surface area contributed by atoms with E-state index in [4.69, 9.17) is 4.74 Å². The number of esters is 1. The Morgan fingerprint density at radius 2 is 1.73 bits per heavy atom. The first-order valence-corrected chi connectivity index (χ1v) is 10.6. The van der Waals surface area contributed by atoms with E-state index in [2.05, 4.69) is 0 Å². The molecule has 5 nitrogen and oxygen atoms in total. The van der Waals surface area contributed by atoms with Crippen LogP contribution >= 0.6 is 0 Å². The van der Waals surface area contributed by atoms with Crippen molar-refractivity contribution in [2.45, 2.75) is 37.4 Å². The lowest BCUT2D eigenvalue weighted by Gasteiger charge is -2.44. The number of ether oxygens (including phenoxy) is 1. The van der Waals surface area contributed by atoms with E-state index in [1.54, 1.807) is 19.1 Å². The lowest BCUT2D eigenvalue weighted by atomic mass is 9.93. The van der Waals surface area contributed by atoms with Gasteiger partial charge in [-0.25, -0.2) is 13.2 Å². The molecule has 0 radical (unpaired) electrons. The molecule has 0 saturated carbocycles. The zero-order chi connectivity index (χ0) is 22.1. The molecule has 3 rings (SSSR count). The van der Waals surface area contributed by atoms with Gasteiger partial charge in [0, 0.05) is 18.2 Å². The van der Waals surface area contributed by atoms with Gasteiger partial charge in [0.05, 0.1) is 23.1 Å². The van der Waals surface area contributed by atoms with Crippen molar-refractivity contribution < 1.29 is 31.1 Å². The van der Waals surface area contributed by atoms with Gasteiger partial charge in [-0.1, -0.05) is 29.8 Å². The van der Waals surface area contributed by atoms with Gasteiger partial charge in [0.1, 0.15) is 0 Å². The van der Waals surface area contributed by atoms with E-state index in [1.165, 1.54) is 24.3 Å². The van der Waals surface area contributed by atoms with E-state index in [0.717, 1.165) is 28.1 Å². The first-order chi connectivity index (χ1) is 14.0. The topological polar surface area (TPSA) is 63.7 Å². The number of benzene rings is 2. The Kier molecular flexibility index (Phi) is 5.94. The molecule has 160 valence electrons. The Labute approximate surface area is 172 Å². The van der Waals surface area contributed by atoms with Crippen LogP contribution in [0.3, 0.4) is 0 Å². The predicted molar refractivity (Wildman–Crippen MR) is 104 cm³/mol. The van der Waals surface area contributed by atoms with Gasteiger partial charge in [0.2, 0.25) is 0 Å². The number of sulfonamides is 1. The minimum absolute atomic E-state index is 0.0273. The molecule has 0 aliphatic carbocycles. The van der Waals surface area contributed by atoms with Gasteiger partial charge < -0.3 is 4.74 Å². The maximum Gasteiger partial charge on any atom is 0.416 e. The zero-order valence-corrected chi connectivity index (χ0v) is 17.1. The summed E-state index contributed by atoms with van der Waals surface area (Å²) >= 11 is 0. The first kappa shape index (κ1) is 21.9. The van der Waals surface area contributed by atoms with Crippen molar-refractivity contribution in [2.24, 2.45) is 0 Å². The largest absolute Gasteiger partial charge is 0.463 e. The monoisotopic (exact) mass is 439 g/mol. The number of hydrogen-bond acceptors (Lipinski definition) is 4. The van der Waals surface area contributed by atoms with E-state index in [0.29, 0.717) is 5.56 Å². The average Bonchev–Trinajstić information content (AvgIpc) is 2.64. The second-order valence-corrected chi connectivity index (χ2v) is 8.66. The third-order valence-electron chi connectivity index (χ3n) is 4.74. The number of aryl methyl sites for hydroxylation is 1. The molecule has 2 aromatic rings. The molecule has 9 heteroatoms. The maximum absolute atomic E-state index is 13.2. The van der Waals surface area contributed by atoms with Crippen LogP contribution in [0.5, 0.6) is 0 Å². The summed E-state index contributed by atoms with van der Waals surface area (Å²) in [4.78, 5) is 11.9. The Bertz CT molecular complexity index is 1060. The smallest absolute Gasteiger partial charge is 0.416 e. The fraction of sp³-hybridized carbons (Fsp3) is 0.286. The summed E-state index contributed by atoms with van der Waals surface area (Å²) in [5.41, 5.74) is 0.679. The van der Waals surface area contributed by atoms with Gasteiger partial charge in [-0.3, -0.25) is 4.31 Å². The summed E-state index contributed by atoms with van der Waals surface area (Å²) < 4.78 is 70.9. The standard InChI is InChI=1S/C21H20F3NO4S/c1-3-29-20(26)13-17-12-19(15-6-8-16(9-7-15)21(22,23)24)25(17)30(27,28)18-10-4-14(2)5-11-18/h4-11,13,19H,3,12H2,1-2H3/b17-13+. The number of alkyl halides is 3. The third-order valence-corrected chi connectivity index (χ3v) is 6.62. The summed E-state index contributed by atoms with van der Waals surface area (Å²) in [7, 11) is -4.03. The van der Waals surface area contributed by atoms with Crippen molar-refractivity contribution in [1.82, 2.24) is 4.31 Å². The molecule has 1 aliphatic heterocycles. The van der Waals surface area contributed by atoms with E-state index in [9.17, 15) is 26.4 Å². The molecule has 0 aromatic heterocycles. The number of halogens is 3. The van der Waals surface area contributed by atoms with Crippen LogP contribution in [0.15, 0.2) is 65.2 Å². The molecule has 1 aliphatic rings. The predicted octanol–water partition coefficient (Wildman–Crippen LogP) is 4.60. The zero-order valence-electron chi connectivity index (χ0n) is 16.3. The number of carbonyl (C=O) groups excluding carboxylic acids is 1. The normalized spacial score (nSPS) is 18.2. The Morgan fingerprint density at radius 3 is 2.27 bits per heavy atom. The van der Waals surface area contributed by atoms with Gasteiger partial charge in [-0.05, 0) is 43.7 Å². The van der Waals surface area contributed by atoms with Crippen molar-refractivity contribution in [2.75, 3.05) is 6.61 Å². The van der Waals surface area contributed by atoms with Crippen molar-refractivity contribution in [3.05, 3.63) is 77.0 Å². The van der Waals surface area contributed by atoms with Gasteiger partial charge >= 0.3 is 12.1 Å². The molecule has 30 heavy (non-hydrogen) atoms. The fourth-order valence-electron chi connectivity index (χ4n) is 3.19. The highest BCUT2D eigenvalue weighted by Gasteiger charge is 2.43. The summed E-state index contributed by atoms with van der Waals surface area (Å²) in [6.07, 6.45) is -3.20. The molecule has 2 aromatic carbocycles. The maximum atomic E-state index is 13.2. The highest BCUT2D eigenvalue weighted by molar-refractivity contribution is 7.89. The van der Waals surface area contributed by atoms with Crippen LogP contribution < -0.4 is 0 Å². The van der Waals surface area contributed by atoms with Crippen molar-refractivity contribution >= 4 is 16.0 Å². The molecule has 1 unspecified atom stereocenters. The summed E-state index contributed by atoms with van der Waals surface area (Å²) in [5, 5.41) is 0. The molecule has 0 spiro atoms. The summed E-state index contributed by atoms with van der Waals surface area (Å²) in [6.45, 7) is 3.58. The molecule has 0 amide bonds. The van der Waals surface area contributed by atoms with Crippen molar-refractivity contribution in [1.29, 1.82) is 0 Å². The minimum atomic E-state index is -4.49.